The highest BCUT2D eigenvalue weighted by atomic mass is 35.5. The molecule has 0 atom stereocenters. The van der Waals surface area contributed by atoms with Crippen molar-refractivity contribution in [1.82, 2.24) is 15.1 Å². The van der Waals surface area contributed by atoms with Crippen molar-refractivity contribution in [2.24, 2.45) is 0 Å². The number of rotatable bonds is 5. The molecule has 5 heteroatoms. The van der Waals surface area contributed by atoms with Crippen LogP contribution in [0.15, 0.2) is 42.7 Å². The lowest BCUT2D eigenvalue weighted by Gasteiger charge is -2.05. The minimum Gasteiger partial charge on any atom is -0.354 e. The van der Waals surface area contributed by atoms with E-state index in [0.717, 1.165) is 5.56 Å². The first-order valence-electron chi connectivity index (χ1n) is 5.72. The van der Waals surface area contributed by atoms with Gasteiger partial charge in [0.2, 0.25) is 5.91 Å². The van der Waals surface area contributed by atoms with Gasteiger partial charge in [0.15, 0.2) is 0 Å². The predicted octanol–water partition coefficient (Wildman–Crippen LogP) is 1.90. The van der Waals surface area contributed by atoms with Crippen molar-refractivity contribution in [3.8, 4) is 0 Å². The third-order valence-electron chi connectivity index (χ3n) is 2.50. The SMILES string of the molecule is O=C(Cc1ccc(Cl)cc1)NCCn1cccn1. The van der Waals surface area contributed by atoms with Crippen molar-refractivity contribution in [3.05, 3.63) is 53.3 Å². The number of carbonyl (C=O) groups excluding carboxylic acids is 1. The molecule has 0 spiro atoms. The molecule has 0 saturated heterocycles. The van der Waals surface area contributed by atoms with Gasteiger partial charge in [-0.25, -0.2) is 0 Å². The summed E-state index contributed by atoms with van der Waals surface area (Å²) in [6.07, 6.45) is 3.96. The first-order valence-corrected chi connectivity index (χ1v) is 6.10. The lowest BCUT2D eigenvalue weighted by molar-refractivity contribution is -0.120. The Hall–Kier alpha value is -1.81. The van der Waals surface area contributed by atoms with E-state index in [1.165, 1.54) is 0 Å². The van der Waals surface area contributed by atoms with Gasteiger partial charge in [-0.15, -0.1) is 0 Å². The molecule has 0 aliphatic rings. The second-order valence-electron chi connectivity index (χ2n) is 3.92. The molecule has 2 rings (SSSR count). The fourth-order valence-electron chi connectivity index (χ4n) is 1.59. The second kappa shape index (κ2) is 6.21. The van der Waals surface area contributed by atoms with Crippen molar-refractivity contribution in [2.75, 3.05) is 6.54 Å². The van der Waals surface area contributed by atoms with Crippen LogP contribution in [0.25, 0.3) is 0 Å². The van der Waals surface area contributed by atoms with Gasteiger partial charge in [-0.1, -0.05) is 23.7 Å². The highest BCUT2D eigenvalue weighted by molar-refractivity contribution is 6.30. The number of benzene rings is 1. The van der Waals surface area contributed by atoms with Gasteiger partial charge < -0.3 is 5.32 Å². The fourth-order valence-corrected chi connectivity index (χ4v) is 1.72. The number of hydrogen-bond acceptors (Lipinski definition) is 2. The molecule has 1 aromatic heterocycles. The number of halogens is 1. The van der Waals surface area contributed by atoms with Crippen LogP contribution in [0.3, 0.4) is 0 Å². The Bertz CT molecular complexity index is 493. The molecule has 2 aromatic rings. The standard InChI is InChI=1S/C13H14ClN3O/c14-12-4-2-11(3-5-12)10-13(18)15-7-9-17-8-1-6-16-17/h1-6,8H,7,9-10H2,(H,15,18). The Labute approximate surface area is 111 Å². The predicted molar refractivity (Wildman–Crippen MR) is 70.4 cm³/mol. The quantitative estimate of drug-likeness (QED) is 0.896. The molecule has 0 unspecified atom stereocenters. The van der Waals surface area contributed by atoms with Gasteiger partial charge in [0.05, 0.1) is 13.0 Å². The van der Waals surface area contributed by atoms with E-state index in [1.54, 1.807) is 23.0 Å². The van der Waals surface area contributed by atoms with E-state index >= 15 is 0 Å². The molecular formula is C13H14ClN3O. The summed E-state index contributed by atoms with van der Waals surface area (Å²) in [5.74, 6) is 0.00415. The van der Waals surface area contributed by atoms with Crippen LogP contribution >= 0.6 is 11.6 Å². The summed E-state index contributed by atoms with van der Waals surface area (Å²) >= 11 is 5.78. The van der Waals surface area contributed by atoms with Gasteiger partial charge in [0, 0.05) is 24.0 Å². The molecule has 0 saturated carbocycles. The van der Waals surface area contributed by atoms with E-state index < -0.39 is 0 Å². The Morgan fingerprint density at radius 3 is 2.78 bits per heavy atom. The molecule has 18 heavy (non-hydrogen) atoms. The van der Waals surface area contributed by atoms with Gasteiger partial charge in [0.1, 0.15) is 0 Å². The van der Waals surface area contributed by atoms with Crippen molar-refractivity contribution < 1.29 is 4.79 Å². The van der Waals surface area contributed by atoms with Gasteiger partial charge in [-0.05, 0) is 23.8 Å². The molecule has 1 amide bonds. The van der Waals surface area contributed by atoms with E-state index in [1.807, 2.05) is 24.4 Å². The molecule has 0 aliphatic carbocycles. The van der Waals surface area contributed by atoms with Crippen LogP contribution in [0.4, 0.5) is 0 Å². The first kappa shape index (κ1) is 12.6. The fraction of sp³-hybridized carbons (Fsp3) is 0.231. The topological polar surface area (TPSA) is 46.9 Å². The minimum atomic E-state index is 0.00415. The summed E-state index contributed by atoms with van der Waals surface area (Å²) in [5.41, 5.74) is 0.955. The molecule has 4 nitrogen and oxygen atoms in total. The maximum atomic E-state index is 11.7. The normalized spacial score (nSPS) is 10.3. The smallest absolute Gasteiger partial charge is 0.224 e. The first-order chi connectivity index (χ1) is 8.74. The lowest BCUT2D eigenvalue weighted by Crippen LogP contribution is -2.28. The number of nitrogens with zero attached hydrogens (tertiary/aromatic N) is 2. The highest BCUT2D eigenvalue weighted by Gasteiger charge is 2.02. The molecule has 0 aliphatic heterocycles. The van der Waals surface area contributed by atoms with Gasteiger partial charge in [0.25, 0.3) is 0 Å². The maximum absolute atomic E-state index is 11.7. The van der Waals surface area contributed by atoms with Gasteiger partial charge >= 0.3 is 0 Å². The zero-order valence-corrected chi connectivity index (χ0v) is 10.6. The number of amides is 1. The highest BCUT2D eigenvalue weighted by Crippen LogP contribution is 2.09. The number of hydrogen-bond donors (Lipinski definition) is 1. The summed E-state index contributed by atoms with van der Waals surface area (Å²) in [7, 11) is 0. The summed E-state index contributed by atoms with van der Waals surface area (Å²) in [5, 5.41) is 7.59. The third kappa shape index (κ3) is 3.89. The number of aromatic nitrogens is 2. The summed E-state index contributed by atoms with van der Waals surface area (Å²) in [6.45, 7) is 1.26. The molecule has 1 heterocycles. The van der Waals surface area contributed by atoms with Gasteiger partial charge in [-0.2, -0.15) is 5.10 Å². The van der Waals surface area contributed by atoms with Crippen LogP contribution in [-0.2, 0) is 17.8 Å². The van der Waals surface area contributed by atoms with Crippen molar-refractivity contribution in [1.29, 1.82) is 0 Å². The molecule has 0 bridgehead atoms. The van der Waals surface area contributed by atoms with Crippen molar-refractivity contribution >= 4 is 17.5 Å². The van der Waals surface area contributed by atoms with Crippen LogP contribution < -0.4 is 5.32 Å². The Balaban J connectivity index is 1.73. The van der Waals surface area contributed by atoms with Crippen LogP contribution in [0.2, 0.25) is 5.02 Å². The molecule has 94 valence electrons. The van der Waals surface area contributed by atoms with Crippen LogP contribution in [-0.4, -0.2) is 22.2 Å². The van der Waals surface area contributed by atoms with E-state index in [2.05, 4.69) is 10.4 Å². The molecule has 1 N–H and O–H groups in total. The van der Waals surface area contributed by atoms with E-state index in [-0.39, 0.29) is 5.91 Å². The monoisotopic (exact) mass is 263 g/mol. The van der Waals surface area contributed by atoms with Crippen LogP contribution in [0, 0.1) is 0 Å². The van der Waals surface area contributed by atoms with Crippen LogP contribution in [0.5, 0.6) is 0 Å². The average molecular weight is 264 g/mol. The zero-order chi connectivity index (χ0) is 12.8. The molecule has 1 aromatic carbocycles. The second-order valence-corrected chi connectivity index (χ2v) is 4.36. The Morgan fingerprint density at radius 2 is 2.11 bits per heavy atom. The minimum absolute atomic E-state index is 0.00415. The Morgan fingerprint density at radius 1 is 1.33 bits per heavy atom. The third-order valence-corrected chi connectivity index (χ3v) is 2.75. The summed E-state index contributed by atoms with van der Waals surface area (Å²) < 4.78 is 1.78. The maximum Gasteiger partial charge on any atom is 0.224 e. The molecular weight excluding hydrogens is 250 g/mol. The largest absolute Gasteiger partial charge is 0.354 e. The number of carbonyl (C=O) groups is 1. The zero-order valence-electron chi connectivity index (χ0n) is 9.84. The van der Waals surface area contributed by atoms with E-state index in [4.69, 9.17) is 11.6 Å². The van der Waals surface area contributed by atoms with E-state index in [9.17, 15) is 4.79 Å². The molecule has 0 radical (unpaired) electrons. The lowest BCUT2D eigenvalue weighted by atomic mass is 10.1. The van der Waals surface area contributed by atoms with E-state index in [0.29, 0.717) is 24.5 Å². The van der Waals surface area contributed by atoms with Crippen molar-refractivity contribution in [2.45, 2.75) is 13.0 Å². The summed E-state index contributed by atoms with van der Waals surface area (Å²) in [4.78, 5) is 11.7. The molecule has 0 fully saturated rings. The average Bonchev–Trinajstić information content (AvgIpc) is 2.85. The number of nitrogens with one attached hydrogen (secondary N) is 1. The summed E-state index contributed by atoms with van der Waals surface area (Å²) in [6, 6.07) is 9.14. The van der Waals surface area contributed by atoms with Crippen molar-refractivity contribution in [3.63, 3.8) is 0 Å². The Kier molecular flexibility index (Phi) is 4.36. The van der Waals surface area contributed by atoms with Crippen LogP contribution in [0.1, 0.15) is 5.56 Å². The van der Waals surface area contributed by atoms with Gasteiger partial charge in [-0.3, -0.25) is 9.48 Å².